The van der Waals surface area contributed by atoms with Crippen molar-refractivity contribution in [3.8, 4) is 0 Å². The van der Waals surface area contributed by atoms with Gasteiger partial charge in [-0.1, -0.05) is 6.07 Å². The molecule has 0 radical (unpaired) electrons. The van der Waals surface area contributed by atoms with Gasteiger partial charge in [-0.05, 0) is 53.4 Å². The average molecular weight is 316 g/mol. The van der Waals surface area contributed by atoms with Crippen LogP contribution in [0, 0.1) is 5.82 Å². The van der Waals surface area contributed by atoms with E-state index in [9.17, 15) is 9.18 Å². The maximum atomic E-state index is 13.5. The first-order valence-corrected chi connectivity index (χ1v) is 6.81. The maximum absolute atomic E-state index is 13.5. The van der Waals surface area contributed by atoms with E-state index in [0.29, 0.717) is 17.6 Å². The molecule has 1 aliphatic rings. The molecule has 0 aromatic heterocycles. The van der Waals surface area contributed by atoms with Gasteiger partial charge in [0, 0.05) is 6.54 Å². The Morgan fingerprint density at radius 2 is 2.39 bits per heavy atom. The number of benzene rings is 1. The third-order valence-electron chi connectivity index (χ3n) is 3.08. The van der Waals surface area contributed by atoms with Gasteiger partial charge >= 0.3 is 6.09 Å². The van der Waals surface area contributed by atoms with Crippen molar-refractivity contribution in [1.29, 1.82) is 0 Å². The Hall–Kier alpha value is -1.10. The molecule has 0 saturated carbocycles. The van der Waals surface area contributed by atoms with E-state index < -0.39 is 0 Å². The summed E-state index contributed by atoms with van der Waals surface area (Å²) in [5.41, 5.74) is 0.821. The van der Waals surface area contributed by atoms with E-state index in [1.54, 1.807) is 17.9 Å². The summed E-state index contributed by atoms with van der Waals surface area (Å²) in [5.74, 6) is -0.303. The number of nitrogens with zero attached hydrogens (tertiary/aromatic N) is 1. The van der Waals surface area contributed by atoms with Crippen molar-refractivity contribution in [2.45, 2.75) is 25.8 Å². The molecule has 1 aromatic carbocycles. The van der Waals surface area contributed by atoms with Crippen molar-refractivity contribution in [1.82, 2.24) is 4.90 Å². The van der Waals surface area contributed by atoms with Gasteiger partial charge in [-0.3, -0.25) is 0 Å². The van der Waals surface area contributed by atoms with Crippen LogP contribution >= 0.6 is 15.9 Å². The van der Waals surface area contributed by atoms with E-state index in [-0.39, 0.29) is 18.0 Å². The molecule has 2 rings (SSSR count). The van der Waals surface area contributed by atoms with Crippen LogP contribution in [0.2, 0.25) is 0 Å². The summed E-state index contributed by atoms with van der Waals surface area (Å²) >= 11 is 3.13. The molecule has 0 aliphatic carbocycles. The molecule has 0 spiro atoms. The molecule has 1 unspecified atom stereocenters. The Morgan fingerprint density at radius 3 is 3.06 bits per heavy atom. The fourth-order valence-electron chi connectivity index (χ4n) is 2.26. The molecule has 1 aromatic rings. The second-order valence-electron chi connectivity index (χ2n) is 4.22. The number of likely N-dealkylation sites (tertiary alicyclic amines) is 1. The van der Waals surface area contributed by atoms with E-state index in [0.717, 1.165) is 18.4 Å². The van der Waals surface area contributed by atoms with Crippen molar-refractivity contribution in [2.75, 3.05) is 13.2 Å². The quantitative estimate of drug-likeness (QED) is 0.828. The number of carbonyl (C=O) groups is 1. The molecular formula is C13H15BrFNO2. The van der Waals surface area contributed by atoms with Crippen molar-refractivity contribution in [3.05, 3.63) is 34.1 Å². The molecule has 0 bridgehead atoms. The number of rotatable bonds is 2. The van der Waals surface area contributed by atoms with Gasteiger partial charge in [-0.15, -0.1) is 0 Å². The highest BCUT2D eigenvalue weighted by Crippen LogP contribution is 2.33. The van der Waals surface area contributed by atoms with Crippen molar-refractivity contribution >= 4 is 22.0 Å². The molecule has 3 nitrogen and oxygen atoms in total. The minimum Gasteiger partial charge on any atom is -0.450 e. The molecule has 98 valence electrons. The lowest BCUT2D eigenvalue weighted by Gasteiger charge is -2.24. The van der Waals surface area contributed by atoms with Gasteiger partial charge in [0.05, 0.1) is 17.1 Å². The number of amides is 1. The Bertz CT molecular complexity index is 453. The van der Waals surface area contributed by atoms with Crippen LogP contribution < -0.4 is 0 Å². The minimum absolute atomic E-state index is 0.0772. The van der Waals surface area contributed by atoms with Gasteiger partial charge in [0.2, 0.25) is 0 Å². The van der Waals surface area contributed by atoms with Crippen molar-refractivity contribution in [3.63, 3.8) is 0 Å². The summed E-state index contributed by atoms with van der Waals surface area (Å²) in [6.45, 7) is 2.81. The second-order valence-corrected chi connectivity index (χ2v) is 5.08. The number of carbonyl (C=O) groups excluding carboxylic acids is 1. The van der Waals surface area contributed by atoms with Gasteiger partial charge in [-0.2, -0.15) is 0 Å². The smallest absolute Gasteiger partial charge is 0.410 e. The third-order valence-corrected chi connectivity index (χ3v) is 3.73. The first-order chi connectivity index (χ1) is 8.63. The van der Waals surface area contributed by atoms with Crippen LogP contribution in [0.4, 0.5) is 9.18 Å². The Morgan fingerprint density at radius 1 is 1.61 bits per heavy atom. The molecule has 0 N–H and O–H groups in total. The van der Waals surface area contributed by atoms with Crippen LogP contribution in [-0.2, 0) is 4.74 Å². The summed E-state index contributed by atoms with van der Waals surface area (Å²) in [5, 5.41) is 0. The van der Waals surface area contributed by atoms with E-state index in [2.05, 4.69) is 15.9 Å². The topological polar surface area (TPSA) is 29.5 Å². The summed E-state index contributed by atoms with van der Waals surface area (Å²) in [4.78, 5) is 13.5. The number of hydrogen-bond acceptors (Lipinski definition) is 2. The van der Waals surface area contributed by atoms with Crippen LogP contribution in [0.15, 0.2) is 22.7 Å². The molecule has 1 aliphatic heterocycles. The van der Waals surface area contributed by atoms with E-state index in [4.69, 9.17) is 4.74 Å². The van der Waals surface area contributed by atoms with Crippen LogP contribution in [0.3, 0.4) is 0 Å². The van der Waals surface area contributed by atoms with Crippen LogP contribution in [-0.4, -0.2) is 24.1 Å². The highest BCUT2D eigenvalue weighted by molar-refractivity contribution is 9.10. The molecule has 5 heteroatoms. The predicted molar refractivity (Wildman–Crippen MR) is 69.8 cm³/mol. The highest BCUT2D eigenvalue weighted by atomic mass is 79.9. The lowest BCUT2D eigenvalue weighted by molar-refractivity contribution is 0.103. The fraction of sp³-hybridized carbons (Fsp3) is 0.462. The Balaban J connectivity index is 2.20. The Labute approximate surface area is 114 Å². The van der Waals surface area contributed by atoms with Crippen LogP contribution in [0.1, 0.15) is 31.4 Å². The SMILES string of the molecule is CCOC(=O)N1CCCC1c1ccc(Br)c(F)c1. The average Bonchev–Trinajstić information content (AvgIpc) is 2.82. The summed E-state index contributed by atoms with van der Waals surface area (Å²) in [7, 11) is 0. The monoisotopic (exact) mass is 315 g/mol. The molecule has 18 heavy (non-hydrogen) atoms. The first-order valence-electron chi connectivity index (χ1n) is 6.01. The minimum atomic E-state index is -0.316. The van der Waals surface area contributed by atoms with Crippen molar-refractivity contribution < 1.29 is 13.9 Å². The van der Waals surface area contributed by atoms with E-state index in [1.807, 2.05) is 6.07 Å². The number of hydrogen-bond donors (Lipinski definition) is 0. The molecule has 1 saturated heterocycles. The molecule has 1 fully saturated rings. The highest BCUT2D eigenvalue weighted by Gasteiger charge is 2.31. The van der Waals surface area contributed by atoms with Gasteiger partial charge in [0.1, 0.15) is 5.82 Å². The second kappa shape index (κ2) is 5.69. The predicted octanol–water partition coefficient (Wildman–Crippen LogP) is 3.88. The zero-order valence-electron chi connectivity index (χ0n) is 10.2. The molecular weight excluding hydrogens is 301 g/mol. The van der Waals surface area contributed by atoms with Gasteiger partial charge < -0.3 is 9.64 Å². The molecule has 1 heterocycles. The van der Waals surface area contributed by atoms with Gasteiger partial charge in [0.15, 0.2) is 0 Å². The zero-order valence-corrected chi connectivity index (χ0v) is 11.7. The molecule has 1 atom stereocenters. The van der Waals surface area contributed by atoms with E-state index in [1.165, 1.54) is 6.07 Å². The summed E-state index contributed by atoms with van der Waals surface area (Å²) in [6.07, 6.45) is 1.45. The standard InChI is InChI=1S/C13H15BrFNO2/c1-2-18-13(17)16-7-3-4-12(16)9-5-6-10(14)11(15)8-9/h5-6,8,12H,2-4,7H2,1H3. The normalized spacial score (nSPS) is 19.1. The van der Waals surface area contributed by atoms with Gasteiger partial charge in [-0.25, -0.2) is 9.18 Å². The fourth-order valence-corrected chi connectivity index (χ4v) is 2.50. The molecule has 1 amide bonds. The lowest BCUT2D eigenvalue weighted by Crippen LogP contribution is -2.31. The number of halogens is 2. The van der Waals surface area contributed by atoms with E-state index >= 15 is 0 Å². The van der Waals surface area contributed by atoms with Crippen LogP contribution in [0.5, 0.6) is 0 Å². The maximum Gasteiger partial charge on any atom is 0.410 e. The van der Waals surface area contributed by atoms with Gasteiger partial charge in [0.25, 0.3) is 0 Å². The lowest BCUT2D eigenvalue weighted by atomic mass is 10.0. The zero-order chi connectivity index (χ0) is 13.1. The third kappa shape index (κ3) is 2.66. The number of ether oxygens (including phenoxy) is 1. The summed E-state index contributed by atoms with van der Waals surface area (Å²) in [6, 6.07) is 4.92. The first kappa shape index (κ1) is 13.3. The summed E-state index contributed by atoms with van der Waals surface area (Å²) < 4.78 is 19.0. The van der Waals surface area contributed by atoms with Crippen molar-refractivity contribution in [2.24, 2.45) is 0 Å². The van der Waals surface area contributed by atoms with Crippen LogP contribution in [0.25, 0.3) is 0 Å². The Kier molecular flexibility index (Phi) is 4.22. The largest absolute Gasteiger partial charge is 0.450 e.